The molecule has 3 aromatic rings. The second-order valence-electron chi connectivity index (χ2n) is 3.60. The highest BCUT2D eigenvalue weighted by molar-refractivity contribution is 5.81. The van der Waals surface area contributed by atoms with Crippen LogP contribution in [-0.2, 0) is 13.6 Å². The van der Waals surface area contributed by atoms with Crippen LogP contribution in [0.15, 0.2) is 19.0 Å². The molecule has 0 radical (unpaired) electrons. The van der Waals surface area contributed by atoms with Crippen molar-refractivity contribution in [3.63, 3.8) is 0 Å². The summed E-state index contributed by atoms with van der Waals surface area (Å²) in [6, 6.07) is 0. The zero-order chi connectivity index (χ0) is 11.8. The number of nitrogens with two attached hydrogens (primary N) is 1. The SMILES string of the molecule is Cn1ncnc1Cn1cnc2c(N)ncnc21. The normalized spacial score (nSPS) is 11.1. The lowest BCUT2D eigenvalue weighted by Crippen LogP contribution is -2.06. The number of hydrogen-bond acceptors (Lipinski definition) is 6. The van der Waals surface area contributed by atoms with Crippen LogP contribution in [0.25, 0.3) is 11.2 Å². The number of hydrogen-bond donors (Lipinski definition) is 1. The van der Waals surface area contributed by atoms with E-state index in [-0.39, 0.29) is 0 Å². The topological polar surface area (TPSA) is 100 Å². The van der Waals surface area contributed by atoms with Crippen LogP contribution in [-0.4, -0.2) is 34.3 Å². The fraction of sp³-hybridized carbons (Fsp3) is 0.222. The van der Waals surface area contributed by atoms with E-state index in [1.807, 2.05) is 11.6 Å². The lowest BCUT2D eigenvalue weighted by atomic mass is 10.5. The first-order valence-corrected chi connectivity index (χ1v) is 5.00. The van der Waals surface area contributed by atoms with Crippen molar-refractivity contribution in [2.45, 2.75) is 6.54 Å². The number of aryl methyl sites for hydroxylation is 1. The van der Waals surface area contributed by atoms with Crippen LogP contribution in [0.3, 0.4) is 0 Å². The van der Waals surface area contributed by atoms with E-state index in [4.69, 9.17) is 5.73 Å². The molecule has 3 aromatic heterocycles. The first kappa shape index (κ1) is 9.70. The minimum atomic E-state index is 0.381. The summed E-state index contributed by atoms with van der Waals surface area (Å²) in [5.74, 6) is 1.20. The minimum Gasteiger partial charge on any atom is -0.382 e. The Hall–Kier alpha value is -2.51. The second kappa shape index (κ2) is 3.51. The highest BCUT2D eigenvalue weighted by Crippen LogP contribution is 2.14. The molecule has 8 nitrogen and oxygen atoms in total. The summed E-state index contributed by atoms with van der Waals surface area (Å²) in [4.78, 5) is 16.4. The van der Waals surface area contributed by atoms with Crippen LogP contribution < -0.4 is 5.73 Å². The average Bonchev–Trinajstić information content (AvgIpc) is 2.89. The monoisotopic (exact) mass is 230 g/mol. The summed E-state index contributed by atoms with van der Waals surface area (Å²) in [7, 11) is 1.84. The lowest BCUT2D eigenvalue weighted by Gasteiger charge is -2.02. The third-order valence-corrected chi connectivity index (χ3v) is 2.55. The lowest BCUT2D eigenvalue weighted by molar-refractivity contribution is 0.659. The van der Waals surface area contributed by atoms with Gasteiger partial charge in [-0.05, 0) is 0 Å². The molecule has 0 saturated carbocycles. The molecule has 0 aliphatic rings. The molecule has 0 bridgehead atoms. The van der Waals surface area contributed by atoms with Gasteiger partial charge in [0.05, 0.1) is 12.9 Å². The van der Waals surface area contributed by atoms with Gasteiger partial charge in [0.25, 0.3) is 0 Å². The summed E-state index contributed by atoms with van der Waals surface area (Å²) in [6.07, 6.45) is 4.61. The first-order valence-electron chi connectivity index (χ1n) is 5.00. The molecule has 0 aliphatic heterocycles. The van der Waals surface area contributed by atoms with Gasteiger partial charge < -0.3 is 10.3 Å². The number of anilines is 1. The molecular formula is C9H10N8. The highest BCUT2D eigenvalue weighted by atomic mass is 15.3. The number of fused-ring (bicyclic) bond motifs is 1. The molecule has 86 valence electrons. The Labute approximate surface area is 96.1 Å². The maximum absolute atomic E-state index is 5.71. The van der Waals surface area contributed by atoms with Crippen molar-refractivity contribution in [2.75, 3.05) is 5.73 Å². The van der Waals surface area contributed by atoms with Crippen LogP contribution in [0.2, 0.25) is 0 Å². The van der Waals surface area contributed by atoms with Gasteiger partial charge in [0.15, 0.2) is 11.5 Å². The number of imidazole rings is 1. The number of nitrogen functional groups attached to an aromatic ring is 1. The van der Waals surface area contributed by atoms with E-state index in [2.05, 4.69) is 25.0 Å². The molecule has 2 N–H and O–H groups in total. The van der Waals surface area contributed by atoms with Crippen LogP contribution in [0.1, 0.15) is 5.82 Å². The maximum atomic E-state index is 5.71. The zero-order valence-electron chi connectivity index (χ0n) is 9.15. The van der Waals surface area contributed by atoms with E-state index >= 15 is 0 Å². The standard InChI is InChI=1S/C9H10N8/c1-16-6(11-4-15-16)2-17-5-14-7-8(10)12-3-13-9(7)17/h3-5H,2H2,1H3,(H2,10,12,13). The van der Waals surface area contributed by atoms with Crippen LogP contribution in [0.4, 0.5) is 5.82 Å². The first-order chi connectivity index (χ1) is 8.25. The molecule has 8 heteroatoms. The van der Waals surface area contributed by atoms with Crippen molar-refractivity contribution in [3.8, 4) is 0 Å². The summed E-state index contributed by atoms with van der Waals surface area (Å²) < 4.78 is 3.56. The molecule has 0 atom stereocenters. The number of aromatic nitrogens is 7. The van der Waals surface area contributed by atoms with E-state index < -0.39 is 0 Å². The molecule has 0 amide bonds. The van der Waals surface area contributed by atoms with E-state index in [9.17, 15) is 0 Å². The molecule has 17 heavy (non-hydrogen) atoms. The summed E-state index contributed by atoms with van der Waals surface area (Å²) in [6.45, 7) is 0.545. The largest absolute Gasteiger partial charge is 0.382 e. The average molecular weight is 230 g/mol. The van der Waals surface area contributed by atoms with Crippen LogP contribution >= 0.6 is 0 Å². The van der Waals surface area contributed by atoms with E-state index in [0.717, 1.165) is 5.82 Å². The number of rotatable bonds is 2. The summed E-state index contributed by atoms with van der Waals surface area (Å²) >= 11 is 0. The molecule has 0 unspecified atom stereocenters. The molecule has 0 aromatic carbocycles. The van der Waals surface area contributed by atoms with Gasteiger partial charge in [-0.2, -0.15) is 5.10 Å². The van der Waals surface area contributed by atoms with Gasteiger partial charge >= 0.3 is 0 Å². The molecular weight excluding hydrogens is 220 g/mol. The fourth-order valence-electron chi connectivity index (χ4n) is 1.63. The van der Waals surface area contributed by atoms with Crippen LogP contribution in [0, 0.1) is 0 Å². The third kappa shape index (κ3) is 1.50. The van der Waals surface area contributed by atoms with Crippen molar-refractivity contribution < 1.29 is 0 Å². The Kier molecular flexibility index (Phi) is 2.00. The smallest absolute Gasteiger partial charge is 0.165 e. The van der Waals surface area contributed by atoms with Crippen molar-refractivity contribution >= 4 is 17.0 Å². The Bertz CT molecular complexity index is 666. The Morgan fingerprint density at radius 1 is 1.18 bits per heavy atom. The molecule has 0 fully saturated rings. The zero-order valence-corrected chi connectivity index (χ0v) is 9.15. The van der Waals surface area contributed by atoms with E-state index in [0.29, 0.717) is 23.5 Å². The van der Waals surface area contributed by atoms with Gasteiger partial charge in [-0.15, -0.1) is 0 Å². The predicted octanol–water partition coefficient (Wildman–Crippen LogP) is -0.415. The molecule has 0 saturated heterocycles. The predicted molar refractivity (Wildman–Crippen MR) is 59.8 cm³/mol. The van der Waals surface area contributed by atoms with Gasteiger partial charge in [0.2, 0.25) is 0 Å². The summed E-state index contributed by atoms with van der Waals surface area (Å²) in [5, 5.41) is 4.01. The van der Waals surface area contributed by atoms with Crippen molar-refractivity contribution in [1.82, 2.24) is 34.3 Å². The number of nitrogens with zero attached hydrogens (tertiary/aromatic N) is 7. The molecule has 3 heterocycles. The molecule has 3 rings (SSSR count). The Balaban J connectivity index is 2.07. The third-order valence-electron chi connectivity index (χ3n) is 2.55. The fourth-order valence-corrected chi connectivity index (χ4v) is 1.63. The van der Waals surface area contributed by atoms with Gasteiger partial charge in [-0.25, -0.2) is 19.9 Å². The maximum Gasteiger partial charge on any atom is 0.165 e. The van der Waals surface area contributed by atoms with Gasteiger partial charge in [-0.3, -0.25) is 4.68 Å². The Morgan fingerprint density at radius 2 is 2.06 bits per heavy atom. The summed E-state index contributed by atoms with van der Waals surface area (Å²) in [5.41, 5.74) is 7.01. The van der Waals surface area contributed by atoms with Crippen molar-refractivity contribution in [2.24, 2.45) is 7.05 Å². The van der Waals surface area contributed by atoms with E-state index in [1.54, 1.807) is 11.0 Å². The minimum absolute atomic E-state index is 0.381. The van der Waals surface area contributed by atoms with Gasteiger partial charge in [0, 0.05) is 7.05 Å². The van der Waals surface area contributed by atoms with Gasteiger partial charge in [-0.1, -0.05) is 0 Å². The van der Waals surface area contributed by atoms with Crippen molar-refractivity contribution in [3.05, 3.63) is 24.8 Å². The highest BCUT2D eigenvalue weighted by Gasteiger charge is 2.09. The van der Waals surface area contributed by atoms with Crippen LogP contribution in [0.5, 0.6) is 0 Å². The molecule has 0 spiro atoms. The second-order valence-corrected chi connectivity index (χ2v) is 3.60. The van der Waals surface area contributed by atoms with Crippen molar-refractivity contribution in [1.29, 1.82) is 0 Å². The Morgan fingerprint density at radius 3 is 2.82 bits per heavy atom. The quantitative estimate of drug-likeness (QED) is 0.642. The van der Waals surface area contributed by atoms with E-state index in [1.165, 1.54) is 12.7 Å². The van der Waals surface area contributed by atoms with Gasteiger partial charge in [0.1, 0.15) is 24.0 Å². The molecule has 0 aliphatic carbocycles.